The Morgan fingerprint density at radius 1 is 0.812 bits per heavy atom. The van der Waals surface area contributed by atoms with Crippen molar-refractivity contribution < 1.29 is 0 Å². The topological polar surface area (TPSA) is 0 Å². The number of hydrogen-bond acceptors (Lipinski definition) is 2. The molecule has 0 aliphatic heterocycles. The second-order valence-electron chi connectivity index (χ2n) is 3.49. The van der Waals surface area contributed by atoms with E-state index in [1.54, 1.807) is 22.7 Å². The summed E-state index contributed by atoms with van der Waals surface area (Å²) in [5, 5.41) is 0. The summed E-state index contributed by atoms with van der Waals surface area (Å²) in [5.74, 6) is 6.46. The predicted octanol–water partition coefficient (Wildman–Crippen LogP) is 4.33. The molecular formula is C14H14S2. The second-order valence-corrected chi connectivity index (χ2v) is 5.83. The zero-order valence-corrected chi connectivity index (χ0v) is 11.2. The molecule has 0 radical (unpaired) electrons. The van der Waals surface area contributed by atoms with Gasteiger partial charge in [0.2, 0.25) is 0 Å². The van der Waals surface area contributed by atoms with Gasteiger partial charge in [-0.15, -0.1) is 22.7 Å². The van der Waals surface area contributed by atoms with E-state index in [2.05, 4.69) is 50.0 Å². The molecule has 0 fully saturated rings. The van der Waals surface area contributed by atoms with Crippen LogP contribution in [0.3, 0.4) is 0 Å². The highest BCUT2D eigenvalue weighted by atomic mass is 32.1. The van der Waals surface area contributed by atoms with Crippen LogP contribution in [0.4, 0.5) is 0 Å². The molecule has 2 heteroatoms. The van der Waals surface area contributed by atoms with Crippen LogP contribution in [-0.4, -0.2) is 0 Å². The van der Waals surface area contributed by atoms with E-state index < -0.39 is 0 Å². The Hall–Kier alpha value is -1.04. The molecule has 16 heavy (non-hydrogen) atoms. The van der Waals surface area contributed by atoms with Crippen LogP contribution in [0.2, 0.25) is 0 Å². The Morgan fingerprint density at radius 3 is 1.56 bits per heavy atom. The largest absolute Gasteiger partial charge is 0.132 e. The third-order valence-corrected chi connectivity index (χ3v) is 4.62. The Balaban J connectivity index is 2.14. The van der Waals surface area contributed by atoms with E-state index in [0.29, 0.717) is 0 Å². The van der Waals surface area contributed by atoms with Crippen LogP contribution in [0.5, 0.6) is 0 Å². The third kappa shape index (κ3) is 2.75. The standard InChI is InChI=1S/C14H14S2/c1-3-11-5-7-13(15-11)9-10-14-8-6-12(4-2)16-14/h5-8H,3-4H2,1-2H3. The second kappa shape index (κ2) is 5.34. The molecule has 0 unspecified atom stereocenters. The zero-order chi connectivity index (χ0) is 11.4. The molecule has 2 aromatic heterocycles. The number of thiophene rings is 2. The van der Waals surface area contributed by atoms with Crippen molar-refractivity contribution in [1.29, 1.82) is 0 Å². The SMILES string of the molecule is CCc1ccc(C#Cc2ccc(CC)s2)s1. The lowest BCUT2D eigenvalue weighted by atomic mass is 10.3. The van der Waals surface area contributed by atoms with Gasteiger partial charge < -0.3 is 0 Å². The van der Waals surface area contributed by atoms with E-state index >= 15 is 0 Å². The average molecular weight is 246 g/mol. The predicted molar refractivity (Wildman–Crippen MR) is 73.4 cm³/mol. The first-order valence-electron chi connectivity index (χ1n) is 5.51. The highest BCUT2D eigenvalue weighted by Crippen LogP contribution is 2.18. The summed E-state index contributed by atoms with van der Waals surface area (Å²) in [6.07, 6.45) is 2.21. The van der Waals surface area contributed by atoms with Gasteiger partial charge in [-0.25, -0.2) is 0 Å². The van der Waals surface area contributed by atoms with Crippen molar-refractivity contribution in [2.24, 2.45) is 0 Å². The van der Waals surface area contributed by atoms with E-state index in [0.717, 1.165) is 12.8 Å². The first kappa shape index (κ1) is 11.4. The molecule has 0 spiro atoms. The smallest absolute Gasteiger partial charge is 0.0775 e. The normalized spacial score (nSPS) is 9.88. The molecule has 0 amide bonds. The van der Waals surface area contributed by atoms with Gasteiger partial charge in [0.1, 0.15) is 0 Å². The minimum absolute atomic E-state index is 1.10. The summed E-state index contributed by atoms with van der Waals surface area (Å²) in [6.45, 7) is 4.35. The molecule has 0 aliphatic carbocycles. The third-order valence-electron chi connectivity index (χ3n) is 2.33. The van der Waals surface area contributed by atoms with E-state index in [9.17, 15) is 0 Å². The highest BCUT2D eigenvalue weighted by Gasteiger charge is 1.96. The molecule has 0 aliphatic rings. The molecule has 0 bridgehead atoms. The molecule has 0 atom stereocenters. The number of hydrogen-bond donors (Lipinski definition) is 0. The van der Waals surface area contributed by atoms with Gasteiger partial charge in [-0.1, -0.05) is 13.8 Å². The molecule has 0 N–H and O–H groups in total. The van der Waals surface area contributed by atoms with Crippen LogP contribution >= 0.6 is 22.7 Å². The first-order valence-corrected chi connectivity index (χ1v) is 7.14. The minimum Gasteiger partial charge on any atom is -0.132 e. The first-order chi connectivity index (χ1) is 7.81. The van der Waals surface area contributed by atoms with Crippen LogP contribution in [0.15, 0.2) is 24.3 Å². The summed E-state index contributed by atoms with van der Waals surface area (Å²) in [6, 6.07) is 8.57. The molecule has 0 nitrogen and oxygen atoms in total. The molecular weight excluding hydrogens is 232 g/mol. The van der Waals surface area contributed by atoms with Crippen molar-refractivity contribution in [1.82, 2.24) is 0 Å². The molecule has 0 aromatic carbocycles. The van der Waals surface area contributed by atoms with Gasteiger partial charge in [-0.05, 0) is 48.9 Å². The van der Waals surface area contributed by atoms with Gasteiger partial charge in [0, 0.05) is 9.75 Å². The molecule has 2 aromatic rings. The summed E-state index contributed by atoms with van der Waals surface area (Å²) >= 11 is 3.59. The van der Waals surface area contributed by atoms with Crippen molar-refractivity contribution in [3.8, 4) is 11.8 Å². The summed E-state index contributed by atoms with van der Waals surface area (Å²) in [5.41, 5.74) is 0. The Kier molecular flexibility index (Phi) is 3.82. The Bertz CT molecular complexity index is 474. The van der Waals surface area contributed by atoms with Gasteiger partial charge >= 0.3 is 0 Å². The van der Waals surface area contributed by atoms with Crippen LogP contribution in [0, 0.1) is 11.8 Å². The van der Waals surface area contributed by atoms with E-state index in [4.69, 9.17) is 0 Å². The number of aryl methyl sites for hydroxylation is 2. The molecule has 82 valence electrons. The highest BCUT2D eigenvalue weighted by molar-refractivity contribution is 7.13. The fourth-order valence-corrected chi connectivity index (χ4v) is 3.00. The van der Waals surface area contributed by atoms with Crippen molar-refractivity contribution in [2.75, 3.05) is 0 Å². The molecule has 0 saturated heterocycles. The fourth-order valence-electron chi connectivity index (χ4n) is 1.39. The van der Waals surface area contributed by atoms with Crippen molar-refractivity contribution in [3.63, 3.8) is 0 Å². The monoisotopic (exact) mass is 246 g/mol. The van der Waals surface area contributed by atoms with Gasteiger partial charge in [0.05, 0.1) is 9.75 Å². The Labute approximate surface area is 105 Å². The lowest BCUT2D eigenvalue weighted by molar-refractivity contribution is 1.19. The zero-order valence-electron chi connectivity index (χ0n) is 9.54. The van der Waals surface area contributed by atoms with Crippen molar-refractivity contribution >= 4 is 22.7 Å². The van der Waals surface area contributed by atoms with Crippen molar-refractivity contribution in [2.45, 2.75) is 26.7 Å². The molecule has 2 heterocycles. The maximum absolute atomic E-state index is 3.23. The lowest BCUT2D eigenvalue weighted by Gasteiger charge is -1.82. The van der Waals surface area contributed by atoms with Gasteiger partial charge in [0.15, 0.2) is 0 Å². The summed E-state index contributed by atoms with van der Waals surface area (Å²) in [4.78, 5) is 5.15. The van der Waals surface area contributed by atoms with E-state index in [1.807, 2.05) is 0 Å². The quantitative estimate of drug-likeness (QED) is 0.692. The van der Waals surface area contributed by atoms with E-state index in [-0.39, 0.29) is 0 Å². The van der Waals surface area contributed by atoms with Crippen LogP contribution < -0.4 is 0 Å². The van der Waals surface area contributed by atoms with Crippen LogP contribution in [0.25, 0.3) is 0 Å². The average Bonchev–Trinajstić information content (AvgIpc) is 2.95. The number of rotatable bonds is 2. The van der Waals surface area contributed by atoms with Crippen LogP contribution in [-0.2, 0) is 12.8 Å². The maximum Gasteiger partial charge on any atom is 0.0775 e. The van der Waals surface area contributed by atoms with Crippen molar-refractivity contribution in [3.05, 3.63) is 43.8 Å². The summed E-state index contributed by atoms with van der Waals surface area (Å²) in [7, 11) is 0. The van der Waals surface area contributed by atoms with E-state index in [1.165, 1.54) is 19.5 Å². The van der Waals surface area contributed by atoms with Gasteiger partial charge in [-0.3, -0.25) is 0 Å². The van der Waals surface area contributed by atoms with Gasteiger partial charge in [-0.2, -0.15) is 0 Å². The van der Waals surface area contributed by atoms with Crippen LogP contribution in [0.1, 0.15) is 33.4 Å². The Morgan fingerprint density at radius 2 is 1.25 bits per heavy atom. The van der Waals surface area contributed by atoms with Gasteiger partial charge in [0.25, 0.3) is 0 Å². The molecule has 2 rings (SSSR count). The minimum atomic E-state index is 1.10. The molecule has 0 saturated carbocycles. The summed E-state index contributed by atoms with van der Waals surface area (Å²) < 4.78 is 0. The maximum atomic E-state index is 3.23. The fraction of sp³-hybridized carbons (Fsp3) is 0.286. The lowest BCUT2D eigenvalue weighted by Crippen LogP contribution is -1.65.